The number of anilines is 2. The van der Waals surface area contributed by atoms with E-state index in [1.54, 1.807) is 0 Å². The predicted molar refractivity (Wildman–Crippen MR) is 110 cm³/mol. The van der Waals surface area contributed by atoms with Crippen molar-refractivity contribution in [3.63, 3.8) is 0 Å². The number of Topliss-reactive ketones (excluding diaryl/α,β-unsaturated/α-hetero) is 1. The third kappa shape index (κ3) is 4.31. The highest BCUT2D eigenvalue weighted by atomic mass is 32.2. The molecule has 0 aliphatic heterocycles. The first kappa shape index (κ1) is 18.6. The zero-order valence-electron chi connectivity index (χ0n) is 15.3. The minimum atomic E-state index is 0.124. The highest BCUT2D eigenvalue weighted by Crippen LogP contribution is 2.29. The van der Waals surface area contributed by atoms with Crippen LogP contribution in [0.5, 0.6) is 0 Å². The molecule has 0 bridgehead atoms. The van der Waals surface area contributed by atoms with E-state index in [1.165, 1.54) is 28.7 Å². The number of hydrogen-bond donors (Lipinski definition) is 1. The highest BCUT2D eigenvalue weighted by molar-refractivity contribution is 8.01. The SMILES string of the molecule is Cc1cc(C)c(C(=O)CSc2nnc(Nc3ccccc3C)s2)cc1C. The Balaban J connectivity index is 1.64. The molecule has 0 saturated heterocycles. The van der Waals surface area contributed by atoms with E-state index in [4.69, 9.17) is 0 Å². The van der Waals surface area contributed by atoms with E-state index < -0.39 is 0 Å². The van der Waals surface area contributed by atoms with Gasteiger partial charge in [0.05, 0.1) is 5.75 Å². The van der Waals surface area contributed by atoms with Crippen LogP contribution in [0.3, 0.4) is 0 Å². The molecule has 1 N–H and O–H groups in total. The molecular formula is C20H21N3OS2. The maximum Gasteiger partial charge on any atom is 0.210 e. The third-order valence-electron chi connectivity index (χ3n) is 4.26. The Morgan fingerprint density at radius 1 is 1.00 bits per heavy atom. The Labute approximate surface area is 162 Å². The fourth-order valence-electron chi connectivity index (χ4n) is 2.61. The molecule has 1 heterocycles. The van der Waals surface area contributed by atoms with Gasteiger partial charge < -0.3 is 5.32 Å². The number of rotatable bonds is 6. The van der Waals surface area contributed by atoms with E-state index in [0.29, 0.717) is 5.75 Å². The molecule has 3 aromatic rings. The zero-order valence-corrected chi connectivity index (χ0v) is 16.9. The van der Waals surface area contributed by atoms with Crippen LogP contribution in [-0.4, -0.2) is 21.7 Å². The lowest BCUT2D eigenvalue weighted by molar-refractivity contribution is 0.102. The fraction of sp³-hybridized carbons (Fsp3) is 0.250. The van der Waals surface area contributed by atoms with Crippen LogP contribution in [0, 0.1) is 27.7 Å². The van der Waals surface area contributed by atoms with Crippen molar-refractivity contribution < 1.29 is 4.79 Å². The summed E-state index contributed by atoms with van der Waals surface area (Å²) in [6.45, 7) is 8.13. The average Bonchev–Trinajstić information content (AvgIpc) is 3.05. The molecule has 0 unspecified atom stereocenters. The molecule has 0 aliphatic carbocycles. The van der Waals surface area contributed by atoms with E-state index in [9.17, 15) is 4.79 Å². The van der Waals surface area contributed by atoms with Crippen molar-refractivity contribution in [3.05, 3.63) is 64.2 Å². The van der Waals surface area contributed by atoms with Gasteiger partial charge in [-0.2, -0.15) is 0 Å². The van der Waals surface area contributed by atoms with Crippen LogP contribution >= 0.6 is 23.1 Å². The largest absolute Gasteiger partial charge is 0.330 e. The summed E-state index contributed by atoms with van der Waals surface area (Å²) in [7, 11) is 0. The van der Waals surface area contributed by atoms with Crippen molar-refractivity contribution in [3.8, 4) is 0 Å². The van der Waals surface area contributed by atoms with Crippen LogP contribution in [0.1, 0.15) is 32.6 Å². The van der Waals surface area contributed by atoms with E-state index in [-0.39, 0.29) is 5.78 Å². The maximum atomic E-state index is 12.6. The molecule has 6 heteroatoms. The quantitative estimate of drug-likeness (QED) is 0.450. The molecule has 0 aliphatic rings. The van der Waals surface area contributed by atoms with Crippen molar-refractivity contribution >= 4 is 39.7 Å². The topological polar surface area (TPSA) is 54.9 Å². The van der Waals surface area contributed by atoms with Crippen molar-refractivity contribution in [2.45, 2.75) is 32.0 Å². The second-order valence-corrected chi connectivity index (χ2v) is 8.48. The summed E-state index contributed by atoms with van der Waals surface area (Å²) in [5, 5.41) is 12.4. The Bertz CT molecular complexity index is 950. The van der Waals surface area contributed by atoms with Crippen LogP contribution in [0.4, 0.5) is 10.8 Å². The number of aryl methyl sites for hydroxylation is 4. The first-order valence-corrected chi connectivity index (χ1v) is 10.1. The molecule has 3 rings (SSSR count). The number of hydrogen-bond acceptors (Lipinski definition) is 6. The Kier molecular flexibility index (Phi) is 5.74. The smallest absolute Gasteiger partial charge is 0.210 e. The molecule has 0 amide bonds. The normalized spacial score (nSPS) is 10.8. The van der Waals surface area contributed by atoms with Crippen molar-refractivity contribution in [2.24, 2.45) is 0 Å². The summed E-state index contributed by atoms with van der Waals surface area (Å²) in [6.07, 6.45) is 0. The fourth-order valence-corrected chi connectivity index (χ4v) is 4.26. The number of aromatic nitrogens is 2. The van der Waals surface area contributed by atoms with Gasteiger partial charge in [-0.3, -0.25) is 4.79 Å². The molecular weight excluding hydrogens is 362 g/mol. The maximum absolute atomic E-state index is 12.6. The second kappa shape index (κ2) is 8.01. The first-order chi connectivity index (χ1) is 12.4. The van der Waals surface area contributed by atoms with Gasteiger partial charge in [0, 0.05) is 11.3 Å². The molecule has 4 nitrogen and oxygen atoms in total. The van der Waals surface area contributed by atoms with Gasteiger partial charge >= 0.3 is 0 Å². The molecule has 26 heavy (non-hydrogen) atoms. The lowest BCUT2D eigenvalue weighted by atomic mass is 9.99. The summed E-state index contributed by atoms with van der Waals surface area (Å²) in [5.74, 6) is 0.488. The summed E-state index contributed by atoms with van der Waals surface area (Å²) in [6, 6.07) is 12.1. The number of ketones is 1. The zero-order chi connectivity index (χ0) is 18.7. The van der Waals surface area contributed by atoms with Gasteiger partial charge in [0.15, 0.2) is 10.1 Å². The number of thioether (sulfide) groups is 1. The summed E-state index contributed by atoms with van der Waals surface area (Å²) < 4.78 is 0.788. The Morgan fingerprint density at radius 3 is 2.50 bits per heavy atom. The minimum absolute atomic E-state index is 0.124. The van der Waals surface area contributed by atoms with Gasteiger partial charge in [-0.1, -0.05) is 47.4 Å². The summed E-state index contributed by atoms with van der Waals surface area (Å²) >= 11 is 2.89. The second-order valence-electron chi connectivity index (χ2n) is 6.28. The lowest BCUT2D eigenvalue weighted by Crippen LogP contribution is -2.06. The van der Waals surface area contributed by atoms with Crippen molar-refractivity contribution in [2.75, 3.05) is 11.1 Å². The van der Waals surface area contributed by atoms with Crippen LogP contribution in [0.25, 0.3) is 0 Å². The number of carbonyl (C=O) groups excluding carboxylic acids is 1. The van der Waals surface area contributed by atoms with E-state index >= 15 is 0 Å². The standard InChI is InChI=1S/C20H21N3OS2/c1-12-7-5-6-8-17(12)21-19-22-23-20(26-19)25-11-18(24)16-10-14(3)13(2)9-15(16)4/h5-10H,11H2,1-4H3,(H,21,22). The average molecular weight is 384 g/mol. The molecule has 0 radical (unpaired) electrons. The number of carbonyl (C=O) groups is 1. The van der Waals surface area contributed by atoms with Gasteiger partial charge in [-0.15, -0.1) is 10.2 Å². The van der Waals surface area contributed by atoms with E-state index in [2.05, 4.69) is 28.5 Å². The third-order valence-corrected chi connectivity index (χ3v) is 6.23. The monoisotopic (exact) mass is 383 g/mol. The minimum Gasteiger partial charge on any atom is -0.330 e. The van der Waals surface area contributed by atoms with Gasteiger partial charge in [-0.05, 0) is 62.1 Å². The van der Waals surface area contributed by atoms with Crippen LogP contribution in [-0.2, 0) is 0 Å². The summed E-state index contributed by atoms with van der Waals surface area (Å²) in [5.41, 5.74) is 6.34. The Hall–Kier alpha value is -2.18. The molecule has 0 saturated carbocycles. The van der Waals surface area contributed by atoms with Crippen molar-refractivity contribution in [1.82, 2.24) is 10.2 Å². The van der Waals surface area contributed by atoms with Crippen LogP contribution in [0.2, 0.25) is 0 Å². The number of nitrogens with one attached hydrogen (secondary N) is 1. The molecule has 0 fully saturated rings. The molecule has 0 spiro atoms. The van der Waals surface area contributed by atoms with Gasteiger partial charge in [-0.25, -0.2) is 0 Å². The Morgan fingerprint density at radius 2 is 1.73 bits per heavy atom. The van der Waals surface area contributed by atoms with Gasteiger partial charge in [0.2, 0.25) is 5.13 Å². The predicted octanol–water partition coefficient (Wildman–Crippen LogP) is 5.49. The molecule has 134 valence electrons. The van der Waals surface area contributed by atoms with Gasteiger partial charge in [0.25, 0.3) is 0 Å². The highest BCUT2D eigenvalue weighted by Gasteiger charge is 2.13. The number of para-hydroxylation sites is 1. The van der Waals surface area contributed by atoms with Crippen LogP contribution < -0.4 is 5.32 Å². The molecule has 2 aromatic carbocycles. The lowest BCUT2D eigenvalue weighted by Gasteiger charge is -2.08. The first-order valence-electron chi connectivity index (χ1n) is 8.34. The van der Waals surface area contributed by atoms with Crippen LogP contribution in [0.15, 0.2) is 40.7 Å². The van der Waals surface area contributed by atoms with Crippen molar-refractivity contribution in [1.29, 1.82) is 0 Å². The molecule has 1 aromatic heterocycles. The summed E-state index contributed by atoms with van der Waals surface area (Å²) in [4.78, 5) is 12.6. The number of nitrogens with zero attached hydrogens (tertiary/aromatic N) is 2. The van der Waals surface area contributed by atoms with E-state index in [0.717, 1.165) is 37.4 Å². The van der Waals surface area contributed by atoms with E-state index in [1.807, 2.05) is 51.1 Å². The molecule has 0 atom stereocenters. The number of benzene rings is 2. The van der Waals surface area contributed by atoms with Gasteiger partial charge in [0.1, 0.15) is 0 Å².